The first kappa shape index (κ1) is 16.8. The highest BCUT2D eigenvalue weighted by atomic mass is 35.5. The highest BCUT2D eigenvalue weighted by molar-refractivity contribution is 6.28. The van der Waals surface area contributed by atoms with Crippen molar-refractivity contribution in [3.05, 3.63) is 54.0 Å². The van der Waals surface area contributed by atoms with Crippen molar-refractivity contribution >= 4 is 34.7 Å². The number of hydrogen-bond donors (Lipinski definition) is 2. The van der Waals surface area contributed by atoms with Crippen LogP contribution in [0.1, 0.15) is 5.56 Å². The maximum atomic E-state index is 12.9. The predicted molar refractivity (Wildman–Crippen MR) is 80.6 cm³/mol. The van der Waals surface area contributed by atoms with Gasteiger partial charge in [-0.05, 0) is 35.9 Å². The van der Waals surface area contributed by atoms with E-state index < -0.39 is 23.5 Å². The largest absolute Gasteiger partial charge is 0.421 e. The first-order valence-electron chi connectivity index (χ1n) is 6.20. The molecule has 0 aliphatic rings. The van der Waals surface area contributed by atoms with Crippen LogP contribution >= 0.6 is 11.6 Å². The van der Waals surface area contributed by atoms with Gasteiger partial charge in [-0.25, -0.2) is 4.98 Å². The SMILES string of the molecule is C=CC(=O)Nc1cccc(Nc2nc(Cl)ncc2C(F)(F)F)c1. The summed E-state index contributed by atoms with van der Waals surface area (Å²) in [5.74, 6) is -0.923. The van der Waals surface area contributed by atoms with Crippen LogP contribution in [0.25, 0.3) is 0 Å². The Kier molecular flexibility index (Phi) is 4.85. The normalized spacial score (nSPS) is 11.0. The Balaban J connectivity index is 2.32. The zero-order valence-corrected chi connectivity index (χ0v) is 12.2. The van der Waals surface area contributed by atoms with Crippen LogP contribution in [0.5, 0.6) is 0 Å². The van der Waals surface area contributed by atoms with Gasteiger partial charge >= 0.3 is 6.18 Å². The second-order valence-electron chi connectivity index (χ2n) is 4.30. The van der Waals surface area contributed by atoms with Crippen molar-refractivity contribution in [2.75, 3.05) is 10.6 Å². The molecule has 23 heavy (non-hydrogen) atoms. The summed E-state index contributed by atoms with van der Waals surface area (Å²) < 4.78 is 38.8. The molecule has 2 rings (SSSR count). The Labute approximate surface area is 134 Å². The van der Waals surface area contributed by atoms with Gasteiger partial charge in [0.05, 0.1) is 0 Å². The standard InChI is InChI=1S/C14H10ClF3N4O/c1-2-11(23)20-8-4-3-5-9(6-8)21-12-10(14(16,17)18)7-19-13(15)22-12/h2-7H,1H2,(H,20,23)(H,19,21,22). The number of nitrogens with one attached hydrogen (secondary N) is 2. The number of benzene rings is 1. The minimum atomic E-state index is -4.64. The smallest absolute Gasteiger partial charge is 0.340 e. The van der Waals surface area contributed by atoms with Crippen LogP contribution in [0.2, 0.25) is 5.28 Å². The summed E-state index contributed by atoms with van der Waals surface area (Å²) in [5.41, 5.74) is -0.386. The second-order valence-corrected chi connectivity index (χ2v) is 4.64. The van der Waals surface area contributed by atoms with E-state index in [4.69, 9.17) is 11.6 Å². The molecule has 0 saturated heterocycles. The number of rotatable bonds is 4. The van der Waals surface area contributed by atoms with Crippen LogP contribution in [-0.4, -0.2) is 15.9 Å². The van der Waals surface area contributed by atoms with Crippen LogP contribution in [0.15, 0.2) is 43.1 Å². The number of carbonyl (C=O) groups excluding carboxylic acids is 1. The number of aromatic nitrogens is 2. The number of carbonyl (C=O) groups is 1. The molecule has 1 amide bonds. The number of hydrogen-bond acceptors (Lipinski definition) is 4. The molecule has 0 aliphatic carbocycles. The summed E-state index contributed by atoms with van der Waals surface area (Å²) in [4.78, 5) is 18.1. The van der Waals surface area contributed by atoms with Crippen LogP contribution in [-0.2, 0) is 11.0 Å². The van der Waals surface area contributed by atoms with Gasteiger partial charge in [0.25, 0.3) is 0 Å². The van der Waals surface area contributed by atoms with Crippen LogP contribution in [0.3, 0.4) is 0 Å². The Hall–Kier alpha value is -2.61. The fraction of sp³-hybridized carbons (Fsp3) is 0.0714. The third-order valence-electron chi connectivity index (χ3n) is 2.64. The first-order chi connectivity index (χ1) is 10.8. The molecule has 0 unspecified atom stereocenters. The quantitative estimate of drug-likeness (QED) is 0.650. The molecule has 0 bridgehead atoms. The number of nitrogens with zero attached hydrogens (tertiary/aromatic N) is 2. The van der Waals surface area contributed by atoms with Gasteiger partial charge in [0, 0.05) is 17.6 Å². The van der Waals surface area contributed by atoms with Crippen molar-refractivity contribution in [3.8, 4) is 0 Å². The average Bonchev–Trinajstić information content (AvgIpc) is 2.46. The summed E-state index contributed by atoms with van der Waals surface area (Å²) >= 11 is 5.55. The van der Waals surface area contributed by atoms with Gasteiger partial charge in [0.1, 0.15) is 11.4 Å². The first-order valence-corrected chi connectivity index (χ1v) is 6.57. The van der Waals surface area contributed by atoms with E-state index in [9.17, 15) is 18.0 Å². The molecule has 5 nitrogen and oxygen atoms in total. The van der Waals surface area contributed by atoms with E-state index in [1.54, 1.807) is 12.1 Å². The average molecular weight is 343 g/mol. The Bertz CT molecular complexity index is 749. The Morgan fingerprint density at radius 1 is 1.30 bits per heavy atom. The van der Waals surface area contributed by atoms with E-state index in [-0.39, 0.29) is 11.0 Å². The molecule has 1 heterocycles. The van der Waals surface area contributed by atoms with Crippen molar-refractivity contribution < 1.29 is 18.0 Å². The molecule has 120 valence electrons. The molecule has 0 saturated carbocycles. The zero-order valence-electron chi connectivity index (χ0n) is 11.5. The number of amides is 1. The fourth-order valence-electron chi connectivity index (χ4n) is 1.67. The third kappa shape index (κ3) is 4.43. The number of alkyl halides is 3. The van der Waals surface area contributed by atoms with Gasteiger partial charge in [-0.2, -0.15) is 18.2 Å². The highest BCUT2D eigenvalue weighted by Crippen LogP contribution is 2.35. The summed E-state index contributed by atoms with van der Waals surface area (Å²) in [7, 11) is 0. The van der Waals surface area contributed by atoms with Crippen molar-refractivity contribution in [1.29, 1.82) is 0 Å². The van der Waals surface area contributed by atoms with Gasteiger partial charge in [-0.15, -0.1) is 0 Å². The predicted octanol–water partition coefficient (Wildman–Crippen LogP) is 4.02. The van der Waals surface area contributed by atoms with Gasteiger partial charge in [-0.3, -0.25) is 4.79 Å². The lowest BCUT2D eigenvalue weighted by atomic mass is 10.2. The van der Waals surface area contributed by atoms with E-state index >= 15 is 0 Å². The Morgan fingerprint density at radius 3 is 2.65 bits per heavy atom. The number of anilines is 3. The summed E-state index contributed by atoms with van der Waals surface area (Å²) in [6.45, 7) is 3.31. The maximum Gasteiger partial charge on any atom is 0.421 e. The fourth-order valence-corrected chi connectivity index (χ4v) is 1.80. The molecule has 0 fully saturated rings. The molecule has 0 aliphatic heterocycles. The molecule has 1 aromatic heterocycles. The van der Waals surface area contributed by atoms with Gasteiger partial charge in [0.2, 0.25) is 11.2 Å². The monoisotopic (exact) mass is 342 g/mol. The van der Waals surface area contributed by atoms with Crippen LogP contribution < -0.4 is 10.6 Å². The van der Waals surface area contributed by atoms with Crippen molar-refractivity contribution in [2.45, 2.75) is 6.18 Å². The molecule has 1 aromatic carbocycles. The summed E-state index contributed by atoms with van der Waals surface area (Å²) in [6.07, 6.45) is -2.96. The van der Waals surface area contributed by atoms with E-state index in [2.05, 4.69) is 27.2 Å². The van der Waals surface area contributed by atoms with Crippen molar-refractivity contribution in [1.82, 2.24) is 9.97 Å². The van der Waals surface area contributed by atoms with Gasteiger partial charge < -0.3 is 10.6 Å². The minimum Gasteiger partial charge on any atom is -0.340 e. The minimum absolute atomic E-state index is 0.284. The van der Waals surface area contributed by atoms with Crippen molar-refractivity contribution in [3.63, 3.8) is 0 Å². The van der Waals surface area contributed by atoms with E-state index in [1.807, 2.05) is 0 Å². The lowest BCUT2D eigenvalue weighted by molar-refractivity contribution is -0.137. The zero-order chi connectivity index (χ0) is 17.0. The Morgan fingerprint density at radius 2 is 2.00 bits per heavy atom. The molecular weight excluding hydrogens is 333 g/mol. The molecule has 0 spiro atoms. The van der Waals surface area contributed by atoms with Crippen molar-refractivity contribution in [2.24, 2.45) is 0 Å². The lowest BCUT2D eigenvalue weighted by Gasteiger charge is -2.13. The van der Waals surface area contributed by atoms with Crippen LogP contribution in [0, 0.1) is 0 Å². The molecule has 2 aromatic rings. The topological polar surface area (TPSA) is 66.9 Å². The molecule has 0 radical (unpaired) electrons. The molecule has 9 heteroatoms. The third-order valence-corrected chi connectivity index (χ3v) is 2.83. The highest BCUT2D eigenvalue weighted by Gasteiger charge is 2.35. The van der Waals surface area contributed by atoms with Crippen LogP contribution in [0.4, 0.5) is 30.4 Å². The molecule has 0 atom stereocenters. The number of halogens is 4. The summed E-state index contributed by atoms with van der Waals surface area (Å²) in [6, 6.07) is 6.08. The summed E-state index contributed by atoms with van der Waals surface area (Å²) in [5, 5.41) is 4.69. The van der Waals surface area contributed by atoms with E-state index in [1.165, 1.54) is 12.1 Å². The van der Waals surface area contributed by atoms with E-state index in [0.29, 0.717) is 11.9 Å². The maximum absolute atomic E-state index is 12.9. The second kappa shape index (κ2) is 6.66. The van der Waals surface area contributed by atoms with E-state index in [0.717, 1.165) is 6.08 Å². The van der Waals surface area contributed by atoms with Gasteiger partial charge in [-0.1, -0.05) is 12.6 Å². The molecular formula is C14H10ClF3N4O. The molecule has 2 N–H and O–H groups in total. The van der Waals surface area contributed by atoms with Gasteiger partial charge in [0.15, 0.2) is 0 Å². The lowest BCUT2D eigenvalue weighted by Crippen LogP contribution is -2.11.